The standard InChI is InChI=1S/C17H20N2O2S2/c20-23(21)16-11-13(15-7-4-10-22-15)8-9-14(16)18-17(19-23)12-5-2-1-3-6-12/h4,7-12,17-19H,1-3,5-6H2. The number of hydrogen-bond acceptors (Lipinski definition) is 4. The number of fused-ring (bicyclic) bond motifs is 1. The van der Waals surface area contributed by atoms with E-state index >= 15 is 0 Å². The average Bonchev–Trinajstić information content (AvgIpc) is 3.09. The van der Waals surface area contributed by atoms with Crippen LogP contribution in [0.1, 0.15) is 32.1 Å². The van der Waals surface area contributed by atoms with Crippen molar-refractivity contribution in [3.63, 3.8) is 0 Å². The molecule has 1 fully saturated rings. The highest BCUT2D eigenvalue weighted by atomic mass is 32.2. The first-order chi connectivity index (χ1) is 11.1. The van der Waals surface area contributed by atoms with Crippen LogP contribution in [0.3, 0.4) is 0 Å². The predicted octanol–water partition coefficient (Wildman–Crippen LogP) is 4.03. The van der Waals surface area contributed by atoms with Gasteiger partial charge < -0.3 is 5.32 Å². The first kappa shape index (κ1) is 15.2. The molecule has 1 aliphatic carbocycles. The number of rotatable bonds is 2. The lowest BCUT2D eigenvalue weighted by Crippen LogP contribution is -2.49. The molecule has 1 aliphatic heterocycles. The lowest BCUT2D eigenvalue weighted by atomic mass is 9.87. The topological polar surface area (TPSA) is 58.2 Å². The molecule has 2 N–H and O–H groups in total. The first-order valence-corrected chi connectivity index (χ1v) is 10.5. The average molecular weight is 348 g/mol. The summed E-state index contributed by atoms with van der Waals surface area (Å²) in [4.78, 5) is 1.44. The van der Waals surface area contributed by atoms with Crippen LogP contribution < -0.4 is 10.0 Å². The smallest absolute Gasteiger partial charge is 0.244 e. The van der Waals surface area contributed by atoms with Crippen LogP contribution in [-0.4, -0.2) is 14.6 Å². The van der Waals surface area contributed by atoms with Gasteiger partial charge in [0.2, 0.25) is 10.0 Å². The van der Waals surface area contributed by atoms with Crippen LogP contribution in [0.25, 0.3) is 10.4 Å². The Kier molecular flexibility index (Phi) is 3.91. The van der Waals surface area contributed by atoms with Crippen LogP contribution >= 0.6 is 11.3 Å². The van der Waals surface area contributed by atoms with Gasteiger partial charge in [-0.1, -0.05) is 31.4 Å². The third-order valence-corrected chi connectivity index (χ3v) is 7.19. The van der Waals surface area contributed by atoms with Crippen molar-refractivity contribution >= 4 is 27.0 Å². The molecule has 0 spiro atoms. The molecule has 1 aromatic heterocycles. The molecule has 0 bridgehead atoms. The van der Waals surface area contributed by atoms with Gasteiger partial charge in [0.1, 0.15) is 4.90 Å². The molecule has 1 saturated carbocycles. The summed E-state index contributed by atoms with van der Waals surface area (Å²) in [5.74, 6) is 0.378. The number of thiophene rings is 1. The zero-order chi connectivity index (χ0) is 15.9. The van der Waals surface area contributed by atoms with Crippen molar-refractivity contribution in [3.05, 3.63) is 35.7 Å². The molecule has 0 radical (unpaired) electrons. The van der Waals surface area contributed by atoms with Crippen LogP contribution in [0, 0.1) is 5.92 Å². The highest BCUT2D eigenvalue weighted by molar-refractivity contribution is 7.89. The Bertz CT molecular complexity index is 794. The van der Waals surface area contributed by atoms with Gasteiger partial charge in [0, 0.05) is 4.88 Å². The minimum atomic E-state index is -3.46. The zero-order valence-corrected chi connectivity index (χ0v) is 14.4. The molecular formula is C17H20N2O2S2. The van der Waals surface area contributed by atoms with Gasteiger partial charge in [-0.15, -0.1) is 11.3 Å². The Morgan fingerprint density at radius 2 is 1.91 bits per heavy atom. The van der Waals surface area contributed by atoms with Crippen LogP contribution in [0.15, 0.2) is 40.6 Å². The summed E-state index contributed by atoms with van der Waals surface area (Å²) in [6, 6.07) is 9.65. The van der Waals surface area contributed by atoms with E-state index in [0.717, 1.165) is 29.0 Å². The molecule has 0 saturated heterocycles. The number of anilines is 1. The van der Waals surface area contributed by atoms with E-state index in [0.29, 0.717) is 10.8 Å². The predicted molar refractivity (Wildman–Crippen MR) is 94.1 cm³/mol. The van der Waals surface area contributed by atoms with Crippen molar-refractivity contribution in [2.75, 3.05) is 5.32 Å². The fourth-order valence-corrected chi connectivity index (χ4v) is 5.70. The van der Waals surface area contributed by atoms with E-state index in [4.69, 9.17) is 0 Å². The summed E-state index contributed by atoms with van der Waals surface area (Å²) in [7, 11) is -3.46. The van der Waals surface area contributed by atoms with Crippen LogP contribution in [0.2, 0.25) is 0 Å². The minimum Gasteiger partial charge on any atom is -0.368 e. The molecule has 2 heterocycles. The van der Waals surface area contributed by atoms with E-state index in [1.54, 1.807) is 17.4 Å². The van der Waals surface area contributed by atoms with Crippen molar-refractivity contribution < 1.29 is 8.42 Å². The minimum absolute atomic E-state index is 0.180. The number of sulfonamides is 1. The summed E-state index contributed by atoms with van der Waals surface area (Å²) < 4.78 is 28.3. The first-order valence-electron chi connectivity index (χ1n) is 8.10. The Balaban J connectivity index is 1.68. The fourth-order valence-electron chi connectivity index (χ4n) is 3.57. The van der Waals surface area contributed by atoms with Gasteiger partial charge >= 0.3 is 0 Å². The summed E-state index contributed by atoms with van der Waals surface area (Å²) in [6.07, 6.45) is 5.63. The largest absolute Gasteiger partial charge is 0.368 e. The molecule has 1 atom stereocenters. The van der Waals surface area contributed by atoms with Crippen LogP contribution in [-0.2, 0) is 10.0 Å². The summed E-state index contributed by atoms with van der Waals surface area (Å²) in [5.41, 5.74) is 1.67. The van der Waals surface area contributed by atoms with Crippen molar-refractivity contribution in [2.24, 2.45) is 5.92 Å². The number of nitrogens with one attached hydrogen (secondary N) is 2. The second-order valence-corrected chi connectivity index (χ2v) is 8.96. The van der Waals surface area contributed by atoms with E-state index in [9.17, 15) is 8.42 Å². The van der Waals surface area contributed by atoms with E-state index in [1.807, 2.05) is 29.6 Å². The molecule has 1 unspecified atom stereocenters. The third kappa shape index (κ3) is 2.91. The quantitative estimate of drug-likeness (QED) is 0.861. The Hall–Kier alpha value is -1.37. The zero-order valence-electron chi connectivity index (χ0n) is 12.8. The van der Waals surface area contributed by atoms with Crippen LogP contribution in [0.4, 0.5) is 5.69 Å². The van der Waals surface area contributed by atoms with Gasteiger partial charge in [0.15, 0.2) is 0 Å². The molecular weight excluding hydrogens is 328 g/mol. The summed E-state index contributed by atoms with van der Waals surface area (Å²) in [5, 5.41) is 5.41. The Morgan fingerprint density at radius 3 is 2.65 bits per heavy atom. The molecule has 6 heteroatoms. The highest BCUT2D eigenvalue weighted by Crippen LogP contribution is 2.36. The SMILES string of the molecule is O=S1(=O)NC(C2CCCCC2)Nc2ccc(-c3cccs3)cc21. The van der Waals surface area contributed by atoms with Crippen molar-refractivity contribution in [1.82, 2.24) is 4.72 Å². The Labute approximate surface area is 141 Å². The molecule has 4 nitrogen and oxygen atoms in total. The van der Waals surface area contributed by atoms with E-state index < -0.39 is 10.0 Å². The van der Waals surface area contributed by atoms with Crippen molar-refractivity contribution in [3.8, 4) is 10.4 Å². The normalized spacial score (nSPS) is 23.9. The second kappa shape index (κ2) is 5.92. The lowest BCUT2D eigenvalue weighted by molar-refractivity contribution is 0.306. The third-order valence-electron chi connectivity index (χ3n) is 4.79. The molecule has 2 aliphatic rings. The summed E-state index contributed by atoms with van der Waals surface area (Å²) in [6.45, 7) is 0. The van der Waals surface area contributed by atoms with Gasteiger partial charge in [-0.2, -0.15) is 4.72 Å². The molecule has 122 valence electrons. The van der Waals surface area contributed by atoms with Gasteiger partial charge in [0.25, 0.3) is 0 Å². The monoisotopic (exact) mass is 348 g/mol. The number of benzene rings is 1. The van der Waals surface area contributed by atoms with Gasteiger partial charge in [-0.3, -0.25) is 0 Å². The van der Waals surface area contributed by atoms with E-state index in [-0.39, 0.29) is 6.17 Å². The molecule has 23 heavy (non-hydrogen) atoms. The maximum Gasteiger partial charge on any atom is 0.244 e. The van der Waals surface area contributed by atoms with Crippen molar-refractivity contribution in [2.45, 2.75) is 43.2 Å². The second-order valence-electron chi connectivity index (χ2n) is 6.33. The van der Waals surface area contributed by atoms with Gasteiger partial charge in [-0.25, -0.2) is 8.42 Å². The summed E-state index contributed by atoms with van der Waals surface area (Å²) >= 11 is 1.61. The Morgan fingerprint density at radius 1 is 1.09 bits per heavy atom. The molecule has 0 amide bonds. The van der Waals surface area contributed by atoms with Gasteiger partial charge in [0.05, 0.1) is 11.9 Å². The van der Waals surface area contributed by atoms with Gasteiger partial charge in [-0.05, 0) is 47.9 Å². The molecule has 4 rings (SSSR count). The maximum atomic E-state index is 12.7. The maximum absolute atomic E-state index is 12.7. The molecule has 2 aromatic rings. The lowest BCUT2D eigenvalue weighted by Gasteiger charge is -2.35. The molecule has 1 aromatic carbocycles. The van der Waals surface area contributed by atoms with E-state index in [2.05, 4.69) is 10.0 Å². The number of hydrogen-bond donors (Lipinski definition) is 2. The highest BCUT2D eigenvalue weighted by Gasteiger charge is 2.34. The fraction of sp³-hybridized carbons (Fsp3) is 0.412. The van der Waals surface area contributed by atoms with Crippen molar-refractivity contribution in [1.29, 1.82) is 0 Å². The van der Waals surface area contributed by atoms with Crippen LogP contribution in [0.5, 0.6) is 0 Å². The van der Waals surface area contributed by atoms with E-state index in [1.165, 1.54) is 19.3 Å².